The lowest BCUT2D eigenvalue weighted by atomic mass is 10.3. The van der Waals surface area contributed by atoms with E-state index in [0.29, 0.717) is 18.5 Å². The Morgan fingerprint density at radius 1 is 1.47 bits per heavy atom. The van der Waals surface area contributed by atoms with Gasteiger partial charge >= 0.3 is 0 Å². The van der Waals surface area contributed by atoms with Crippen molar-refractivity contribution >= 4 is 27.5 Å². The van der Waals surface area contributed by atoms with Crippen LogP contribution in [0.1, 0.15) is 13.0 Å². The van der Waals surface area contributed by atoms with Crippen LogP contribution in [0.25, 0.3) is 10.1 Å². The number of hydrogen-bond donors (Lipinski definition) is 1. The van der Waals surface area contributed by atoms with E-state index in [2.05, 4.69) is 5.32 Å². The van der Waals surface area contributed by atoms with Crippen LogP contribution in [0.5, 0.6) is 0 Å². The van der Waals surface area contributed by atoms with E-state index in [1.54, 1.807) is 20.1 Å². The average Bonchev–Trinajstić information content (AvgIpc) is 2.76. The minimum atomic E-state index is -0.512. The van der Waals surface area contributed by atoms with Crippen molar-refractivity contribution < 1.29 is 9.53 Å². The van der Waals surface area contributed by atoms with Crippen LogP contribution in [0.3, 0.4) is 0 Å². The van der Waals surface area contributed by atoms with Crippen LogP contribution < -0.4 is 10.9 Å². The molecule has 19 heavy (non-hydrogen) atoms. The van der Waals surface area contributed by atoms with Gasteiger partial charge in [0, 0.05) is 13.7 Å². The third-order valence-electron chi connectivity index (χ3n) is 2.85. The molecule has 0 fully saturated rings. The van der Waals surface area contributed by atoms with Crippen LogP contribution in [0.15, 0.2) is 29.1 Å². The Balaban J connectivity index is 2.21. The quantitative estimate of drug-likeness (QED) is 0.842. The van der Waals surface area contributed by atoms with Gasteiger partial charge < -0.3 is 10.1 Å². The molecule has 1 N–H and O–H groups in total. The van der Waals surface area contributed by atoms with Crippen molar-refractivity contribution in [2.45, 2.75) is 13.0 Å². The van der Waals surface area contributed by atoms with Gasteiger partial charge in [-0.05, 0) is 19.1 Å². The first kappa shape index (κ1) is 13.8. The second-order valence-electron chi connectivity index (χ2n) is 4.18. The Hall–Kier alpha value is -1.66. The SMILES string of the molecule is COCCNC(=O)C(C)n1sc2ccccc2c1=O. The molecule has 1 atom stereocenters. The van der Waals surface area contributed by atoms with E-state index in [9.17, 15) is 9.59 Å². The first-order valence-electron chi connectivity index (χ1n) is 6.02. The molecular weight excluding hydrogens is 264 g/mol. The van der Waals surface area contributed by atoms with Gasteiger partial charge in [0.2, 0.25) is 5.91 Å². The number of nitrogens with zero attached hydrogens (tertiary/aromatic N) is 1. The number of fused-ring (bicyclic) bond motifs is 1. The summed E-state index contributed by atoms with van der Waals surface area (Å²) in [4.78, 5) is 24.1. The number of benzene rings is 1. The number of carbonyl (C=O) groups is 1. The van der Waals surface area contributed by atoms with Gasteiger partial charge in [-0.25, -0.2) is 0 Å². The summed E-state index contributed by atoms with van der Waals surface area (Å²) in [5.41, 5.74) is -0.116. The molecule has 0 aliphatic carbocycles. The number of hydrogen-bond acceptors (Lipinski definition) is 4. The first-order chi connectivity index (χ1) is 9.15. The van der Waals surface area contributed by atoms with Crippen molar-refractivity contribution in [3.8, 4) is 0 Å². The molecule has 0 radical (unpaired) electrons. The van der Waals surface area contributed by atoms with Crippen LogP contribution in [-0.2, 0) is 9.53 Å². The first-order valence-corrected chi connectivity index (χ1v) is 6.79. The monoisotopic (exact) mass is 280 g/mol. The van der Waals surface area contributed by atoms with Gasteiger partial charge in [-0.1, -0.05) is 23.7 Å². The van der Waals surface area contributed by atoms with Crippen molar-refractivity contribution in [1.29, 1.82) is 0 Å². The fourth-order valence-corrected chi connectivity index (χ4v) is 2.81. The predicted octanol–water partition coefficient (Wildman–Crippen LogP) is 1.39. The summed E-state index contributed by atoms with van der Waals surface area (Å²) >= 11 is 1.31. The highest BCUT2D eigenvalue weighted by molar-refractivity contribution is 7.13. The molecule has 0 aliphatic rings. The molecule has 0 aliphatic heterocycles. The number of rotatable bonds is 5. The van der Waals surface area contributed by atoms with E-state index < -0.39 is 6.04 Å². The number of ether oxygens (including phenoxy) is 1. The van der Waals surface area contributed by atoms with E-state index in [0.717, 1.165) is 4.70 Å². The van der Waals surface area contributed by atoms with Crippen LogP contribution in [0.4, 0.5) is 0 Å². The Morgan fingerprint density at radius 2 is 2.21 bits per heavy atom. The van der Waals surface area contributed by atoms with Gasteiger partial charge in [0.05, 0.1) is 16.7 Å². The minimum Gasteiger partial charge on any atom is -0.383 e. The molecule has 0 spiro atoms. The predicted molar refractivity (Wildman–Crippen MR) is 75.7 cm³/mol. The van der Waals surface area contributed by atoms with Gasteiger partial charge in [0.25, 0.3) is 5.56 Å². The molecule has 5 nitrogen and oxygen atoms in total. The van der Waals surface area contributed by atoms with E-state index in [1.807, 2.05) is 18.2 Å². The van der Waals surface area contributed by atoms with Gasteiger partial charge in [-0.3, -0.25) is 13.5 Å². The second kappa shape index (κ2) is 5.99. The maximum Gasteiger partial charge on any atom is 0.269 e. The number of carbonyl (C=O) groups excluding carboxylic acids is 1. The molecule has 1 aromatic heterocycles. The lowest BCUT2D eigenvalue weighted by molar-refractivity contribution is -0.123. The highest BCUT2D eigenvalue weighted by atomic mass is 32.1. The van der Waals surface area contributed by atoms with Crippen molar-refractivity contribution in [2.75, 3.05) is 20.3 Å². The second-order valence-corrected chi connectivity index (χ2v) is 5.19. The van der Waals surface area contributed by atoms with Gasteiger partial charge in [-0.2, -0.15) is 0 Å². The summed E-state index contributed by atoms with van der Waals surface area (Å²) in [7, 11) is 1.58. The highest BCUT2D eigenvalue weighted by Crippen LogP contribution is 2.19. The summed E-state index contributed by atoms with van der Waals surface area (Å²) in [6.45, 7) is 2.62. The minimum absolute atomic E-state index is 0.116. The Bertz CT molecular complexity index is 632. The maximum atomic E-state index is 12.2. The molecule has 2 rings (SSSR count). The molecule has 2 aromatic rings. The number of nitrogens with one attached hydrogen (secondary N) is 1. The lowest BCUT2D eigenvalue weighted by Crippen LogP contribution is -2.35. The van der Waals surface area contributed by atoms with Crippen LogP contribution in [0, 0.1) is 0 Å². The zero-order valence-electron chi connectivity index (χ0n) is 10.9. The van der Waals surface area contributed by atoms with E-state index >= 15 is 0 Å². The fourth-order valence-electron chi connectivity index (χ4n) is 1.77. The van der Waals surface area contributed by atoms with E-state index in [-0.39, 0.29) is 11.5 Å². The van der Waals surface area contributed by atoms with Crippen LogP contribution in [0.2, 0.25) is 0 Å². The topological polar surface area (TPSA) is 60.3 Å². The smallest absolute Gasteiger partial charge is 0.269 e. The largest absolute Gasteiger partial charge is 0.383 e. The molecule has 0 saturated carbocycles. The average molecular weight is 280 g/mol. The summed E-state index contributed by atoms with van der Waals surface area (Å²) in [6.07, 6.45) is 0. The van der Waals surface area contributed by atoms with Gasteiger partial charge in [-0.15, -0.1) is 0 Å². The number of methoxy groups -OCH3 is 1. The zero-order valence-corrected chi connectivity index (χ0v) is 11.7. The number of aromatic nitrogens is 1. The maximum absolute atomic E-state index is 12.2. The molecule has 1 amide bonds. The van der Waals surface area contributed by atoms with Crippen molar-refractivity contribution in [3.63, 3.8) is 0 Å². The third-order valence-corrected chi connectivity index (χ3v) is 4.08. The number of amides is 1. The van der Waals surface area contributed by atoms with Gasteiger partial charge in [0.1, 0.15) is 6.04 Å². The molecular formula is C13H16N2O3S. The summed E-state index contributed by atoms with van der Waals surface area (Å²) in [5, 5.41) is 3.39. The van der Waals surface area contributed by atoms with Crippen LogP contribution in [-0.4, -0.2) is 30.1 Å². The van der Waals surface area contributed by atoms with Gasteiger partial charge in [0.15, 0.2) is 0 Å². The summed E-state index contributed by atoms with van der Waals surface area (Å²) < 4.78 is 7.27. The molecule has 102 valence electrons. The molecule has 0 bridgehead atoms. The Morgan fingerprint density at radius 3 is 2.89 bits per heavy atom. The third kappa shape index (κ3) is 2.85. The Kier molecular flexibility index (Phi) is 4.34. The van der Waals surface area contributed by atoms with E-state index in [4.69, 9.17) is 4.74 Å². The highest BCUT2D eigenvalue weighted by Gasteiger charge is 2.18. The standard InChI is InChI=1S/C13H16N2O3S/c1-9(12(16)14-7-8-18-2)15-13(17)10-5-3-4-6-11(10)19-15/h3-6,9H,7-8H2,1-2H3,(H,14,16). The van der Waals surface area contributed by atoms with Crippen molar-refractivity contribution in [3.05, 3.63) is 34.6 Å². The zero-order chi connectivity index (χ0) is 13.8. The molecule has 1 aromatic carbocycles. The molecule has 1 unspecified atom stereocenters. The molecule has 6 heteroatoms. The Labute approximate surface area is 115 Å². The normalized spacial score (nSPS) is 12.5. The summed E-state index contributed by atoms with van der Waals surface area (Å²) in [5.74, 6) is -0.175. The molecule has 0 saturated heterocycles. The van der Waals surface area contributed by atoms with Crippen molar-refractivity contribution in [2.24, 2.45) is 0 Å². The fraction of sp³-hybridized carbons (Fsp3) is 0.385. The van der Waals surface area contributed by atoms with Crippen LogP contribution >= 0.6 is 11.5 Å². The summed E-state index contributed by atoms with van der Waals surface area (Å²) in [6, 6.07) is 6.85. The van der Waals surface area contributed by atoms with E-state index in [1.165, 1.54) is 15.5 Å². The van der Waals surface area contributed by atoms with Crippen molar-refractivity contribution in [1.82, 2.24) is 9.27 Å². The molecule has 1 heterocycles. The lowest BCUT2D eigenvalue weighted by Gasteiger charge is -2.11.